The Morgan fingerprint density at radius 2 is 2.00 bits per heavy atom. The summed E-state index contributed by atoms with van der Waals surface area (Å²) >= 11 is 0. The molecule has 0 saturated carbocycles. The Bertz CT molecular complexity index is 1240. The number of hydrogen-bond donors (Lipinski definition) is 1. The second kappa shape index (κ2) is 10.0. The van der Waals surface area contributed by atoms with E-state index < -0.39 is 6.10 Å². The minimum Gasteiger partial charge on any atom is -0.497 e. The van der Waals surface area contributed by atoms with Gasteiger partial charge in [-0.15, -0.1) is 0 Å². The van der Waals surface area contributed by atoms with E-state index in [4.69, 9.17) is 14.2 Å². The third kappa shape index (κ3) is 5.07. The number of carbonyl (C=O) groups is 1. The van der Waals surface area contributed by atoms with Gasteiger partial charge in [0, 0.05) is 25.8 Å². The van der Waals surface area contributed by atoms with E-state index in [1.165, 1.54) is 6.33 Å². The van der Waals surface area contributed by atoms with Crippen molar-refractivity contribution < 1.29 is 19.0 Å². The van der Waals surface area contributed by atoms with Gasteiger partial charge in [-0.2, -0.15) is 5.10 Å². The number of nitrogens with one attached hydrogen (secondary N) is 1. The average Bonchev–Trinajstić information content (AvgIpc) is 3.28. The Morgan fingerprint density at radius 1 is 1.12 bits per heavy atom. The molecule has 1 aromatic carbocycles. The molecule has 10 heteroatoms. The first-order chi connectivity index (χ1) is 16.1. The lowest BCUT2D eigenvalue weighted by Crippen LogP contribution is -2.34. The van der Waals surface area contributed by atoms with Gasteiger partial charge in [-0.1, -0.05) is 12.1 Å². The van der Waals surface area contributed by atoms with Crippen molar-refractivity contribution in [2.75, 3.05) is 26.1 Å². The number of amides is 1. The smallest absolute Gasteiger partial charge is 0.266 e. The van der Waals surface area contributed by atoms with Gasteiger partial charge in [-0.05, 0) is 30.7 Å². The van der Waals surface area contributed by atoms with Crippen molar-refractivity contribution in [1.29, 1.82) is 0 Å². The zero-order chi connectivity index (χ0) is 23.2. The molecule has 4 rings (SSSR count). The summed E-state index contributed by atoms with van der Waals surface area (Å²) in [6.45, 7) is 2.26. The van der Waals surface area contributed by atoms with Crippen molar-refractivity contribution in [2.24, 2.45) is 0 Å². The number of nitrogens with zero attached hydrogens (tertiary/aromatic N) is 5. The number of pyridine rings is 1. The number of hydrogen-bond acceptors (Lipinski definition) is 8. The summed E-state index contributed by atoms with van der Waals surface area (Å²) in [5.41, 5.74) is 2.31. The van der Waals surface area contributed by atoms with Gasteiger partial charge in [0.25, 0.3) is 5.91 Å². The number of fused-ring (bicyclic) bond motifs is 1. The van der Waals surface area contributed by atoms with Gasteiger partial charge in [0.2, 0.25) is 5.88 Å². The quantitative estimate of drug-likeness (QED) is 0.416. The third-order valence-electron chi connectivity index (χ3n) is 4.92. The molecule has 0 spiro atoms. The molecule has 0 unspecified atom stereocenters. The van der Waals surface area contributed by atoms with E-state index >= 15 is 0 Å². The summed E-state index contributed by atoms with van der Waals surface area (Å²) in [4.78, 5) is 25.8. The number of aromatic nitrogens is 5. The fourth-order valence-corrected chi connectivity index (χ4v) is 3.20. The van der Waals surface area contributed by atoms with Crippen molar-refractivity contribution in [3.8, 4) is 17.3 Å². The van der Waals surface area contributed by atoms with E-state index in [1.54, 1.807) is 37.4 Å². The Kier molecular flexibility index (Phi) is 6.75. The second-order valence-electron chi connectivity index (χ2n) is 7.27. The van der Waals surface area contributed by atoms with Gasteiger partial charge in [0.15, 0.2) is 11.8 Å². The third-order valence-corrected chi connectivity index (χ3v) is 4.92. The Balaban J connectivity index is 1.61. The fourth-order valence-electron chi connectivity index (χ4n) is 3.20. The molecule has 1 amide bonds. The van der Waals surface area contributed by atoms with Crippen LogP contribution in [0.5, 0.6) is 11.6 Å². The lowest BCUT2D eigenvalue weighted by atomic mass is 10.2. The number of carbonyl (C=O) groups excluding carboxylic acids is 1. The summed E-state index contributed by atoms with van der Waals surface area (Å²) in [5, 5.41) is 7.79. The van der Waals surface area contributed by atoms with Crippen molar-refractivity contribution in [3.63, 3.8) is 0 Å². The van der Waals surface area contributed by atoms with E-state index in [9.17, 15) is 4.79 Å². The molecule has 170 valence electrons. The van der Waals surface area contributed by atoms with Crippen LogP contribution in [-0.2, 0) is 9.53 Å². The standard InChI is InChI=1S/C23H24N6O4/c1-15-7-8-20(24-12-15)28-22(30)19(9-10-31-2)33-23-18-13-27-29(21(18)25-14-26-23)16-5-4-6-17(11-16)32-3/h4-8,11-14,19H,9-10H2,1-3H3,(H,24,28,30)/t19-/m1/s1. The Morgan fingerprint density at radius 3 is 2.76 bits per heavy atom. The molecule has 0 radical (unpaired) electrons. The zero-order valence-corrected chi connectivity index (χ0v) is 18.6. The molecule has 1 N–H and O–H groups in total. The molecule has 0 aliphatic rings. The molecule has 0 fully saturated rings. The highest BCUT2D eigenvalue weighted by molar-refractivity contribution is 5.94. The van der Waals surface area contributed by atoms with Crippen LogP contribution in [-0.4, -0.2) is 57.6 Å². The highest BCUT2D eigenvalue weighted by Gasteiger charge is 2.23. The normalized spacial score (nSPS) is 11.8. The Hall–Kier alpha value is -4.05. The van der Waals surface area contributed by atoms with Crippen LogP contribution in [0.2, 0.25) is 0 Å². The topological polar surface area (TPSA) is 113 Å². The van der Waals surface area contributed by atoms with Crippen LogP contribution < -0.4 is 14.8 Å². The van der Waals surface area contributed by atoms with Crippen molar-refractivity contribution in [1.82, 2.24) is 24.7 Å². The van der Waals surface area contributed by atoms with Crippen LogP contribution in [0.1, 0.15) is 12.0 Å². The first-order valence-corrected chi connectivity index (χ1v) is 10.3. The molecule has 0 aliphatic heterocycles. The van der Waals surface area contributed by atoms with Crippen molar-refractivity contribution >= 4 is 22.8 Å². The first-order valence-electron chi connectivity index (χ1n) is 10.3. The minimum absolute atomic E-state index is 0.252. The monoisotopic (exact) mass is 448 g/mol. The molecule has 0 aliphatic carbocycles. The van der Waals surface area contributed by atoms with Gasteiger partial charge in [-0.25, -0.2) is 19.6 Å². The number of anilines is 1. The molecule has 1 atom stereocenters. The van der Waals surface area contributed by atoms with E-state index in [2.05, 4.69) is 25.4 Å². The molecule has 3 aromatic heterocycles. The number of aryl methyl sites for hydroxylation is 1. The molecule has 10 nitrogen and oxygen atoms in total. The fraction of sp³-hybridized carbons (Fsp3) is 0.261. The summed E-state index contributed by atoms with van der Waals surface area (Å²) in [7, 11) is 3.17. The predicted molar refractivity (Wildman–Crippen MR) is 122 cm³/mol. The van der Waals surface area contributed by atoms with E-state index in [0.717, 1.165) is 11.3 Å². The van der Waals surface area contributed by atoms with E-state index in [0.29, 0.717) is 35.6 Å². The molecule has 4 aromatic rings. The molecule has 0 saturated heterocycles. The summed E-state index contributed by atoms with van der Waals surface area (Å²) in [6, 6.07) is 11.1. The van der Waals surface area contributed by atoms with Gasteiger partial charge in [0.1, 0.15) is 23.3 Å². The maximum atomic E-state index is 12.9. The first kappa shape index (κ1) is 22.2. The van der Waals surface area contributed by atoms with Crippen molar-refractivity contribution in [2.45, 2.75) is 19.4 Å². The van der Waals surface area contributed by atoms with Crippen LogP contribution in [0.4, 0.5) is 5.82 Å². The molecular weight excluding hydrogens is 424 g/mol. The van der Waals surface area contributed by atoms with Gasteiger partial charge in [-0.3, -0.25) is 4.79 Å². The highest BCUT2D eigenvalue weighted by atomic mass is 16.5. The van der Waals surface area contributed by atoms with Crippen LogP contribution in [0.3, 0.4) is 0 Å². The lowest BCUT2D eigenvalue weighted by molar-refractivity contribution is -0.123. The summed E-state index contributed by atoms with van der Waals surface area (Å²) in [6.07, 6.45) is 4.14. The number of rotatable bonds is 9. The zero-order valence-electron chi connectivity index (χ0n) is 18.6. The minimum atomic E-state index is -0.855. The predicted octanol–water partition coefficient (Wildman–Crippen LogP) is 2.95. The lowest BCUT2D eigenvalue weighted by Gasteiger charge is -2.18. The average molecular weight is 448 g/mol. The van der Waals surface area contributed by atoms with Gasteiger partial charge >= 0.3 is 0 Å². The number of ether oxygens (including phenoxy) is 3. The van der Waals surface area contributed by atoms with Gasteiger partial charge < -0.3 is 19.5 Å². The molecule has 0 bridgehead atoms. The van der Waals surface area contributed by atoms with Gasteiger partial charge in [0.05, 0.1) is 25.6 Å². The van der Waals surface area contributed by atoms with Crippen LogP contribution in [0, 0.1) is 6.92 Å². The SMILES string of the molecule is COCC[C@@H](Oc1ncnc2c1cnn2-c1cccc(OC)c1)C(=O)Nc1ccc(C)cn1. The Labute approximate surface area is 190 Å². The maximum absolute atomic E-state index is 12.9. The van der Waals surface area contributed by atoms with Crippen LogP contribution in [0.15, 0.2) is 55.1 Å². The summed E-state index contributed by atoms with van der Waals surface area (Å²) < 4.78 is 18.2. The van der Waals surface area contributed by atoms with Crippen LogP contribution in [0.25, 0.3) is 16.7 Å². The molecular formula is C23H24N6O4. The molecule has 3 heterocycles. The number of methoxy groups -OCH3 is 2. The largest absolute Gasteiger partial charge is 0.497 e. The van der Waals surface area contributed by atoms with E-state index in [1.807, 2.05) is 37.3 Å². The van der Waals surface area contributed by atoms with Crippen molar-refractivity contribution in [3.05, 3.63) is 60.7 Å². The highest BCUT2D eigenvalue weighted by Crippen LogP contribution is 2.26. The maximum Gasteiger partial charge on any atom is 0.266 e. The van der Waals surface area contributed by atoms with E-state index in [-0.39, 0.29) is 11.8 Å². The van der Waals surface area contributed by atoms with Crippen LogP contribution >= 0.6 is 0 Å². The summed E-state index contributed by atoms with van der Waals surface area (Å²) in [5.74, 6) is 1.04. The second-order valence-corrected chi connectivity index (χ2v) is 7.27. The number of benzene rings is 1. The molecule has 33 heavy (non-hydrogen) atoms.